The number of H-pyrrole nitrogens is 2. The zero-order valence-corrected chi connectivity index (χ0v) is 20.9. The SMILES string of the molecule is c1nc(N2CCC3CCCC[C@@H]32)c2cc[nH]c2n1.c1nc(N2CCC3CCCC[C@H]32)c2cc[nH]c2n1. The Kier molecular flexibility index (Phi) is 5.75. The number of hydrogen-bond donors (Lipinski definition) is 2. The van der Waals surface area contributed by atoms with E-state index >= 15 is 0 Å². The van der Waals surface area contributed by atoms with Gasteiger partial charge in [-0.1, -0.05) is 25.7 Å². The Balaban J connectivity index is 0.000000122. The summed E-state index contributed by atoms with van der Waals surface area (Å²) in [5, 5.41) is 2.34. The molecule has 0 bridgehead atoms. The molecule has 2 N–H and O–H groups in total. The van der Waals surface area contributed by atoms with Gasteiger partial charge in [-0.15, -0.1) is 0 Å². The summed E-state index contributed by atoms with van der Waals surface area (Å²) in [5.74, 6) is 4.05. The standard InChI is InChI=1S/2C14H18N4/c2*1-2-4-12-10(3-1)6-8-18(12)14-11-5-7-15-13(11)16-9-17-14/h2*5,7,9-10,12H,1-4,6,8H2,(H,15,16,17)/t2*10?,12-/m10/s1. The molecular formula is C28H36N8. The Morgan fingerprint density at radius 2 is 1.06 bits per heavy atom. The number of nitrogens with one attached hydrogen (secondary N) is 2. The largest absolute Gasteiger partial charge is 0.353 e. The molecule has 0 amide bonds. The average molecular weight is 485 g/mol. The lowest BCUT2D eigenvalue weighted by atomic mass is 9.85. The maximum atomic E-state index is 4.55. The minimum Gasteiger partial charge on any atom is -0.353 e. The molecule has 2 aliphatic heterocycles. The van der Waals surface area contributed by atoms with Gasteiger partial charge in [0.25, 0.3) is 0 Å². The zero-order valence-electron chi connectivity index (χ0n) is 20.9. The Labute approximate surface area is 211 Å². The van der Waals surface area contributed by atoms with Gasteiger partial charge in [0.15, 0.2) is 0 Å². The van der Waals surface area contributed by atoms with Gasteiger partial charge in [0.05, 0.1) is 10.8 Å². The van der Waals surface area contributed by atoms with Crippen LogP contribution in [-0.4, -0.2) is 55.1 Å². The van der Waals surface area contributed by atoms with E-state index in [0.717, 1.165) is 47.9 Å². The number of fused-ring (bicyclic) bond motifs is 4. The molecular weight excluding hydrogens is 448 g/mol. The van der Waals surface area contributed by atoms with Crippen molar-refractivity contribution >= 4 is 33.7 Å². The van der Waals surface area contributed by atoms with Crippen molar-refractivity contribution < 1.29 is 0 Å². The Morgan fingerprint density at radius 3 is 1.56 bits per heavy atom. The first-order chi connectivity index (χ1) is 17.9. The molecule has 188 valence electrons. The van der Waals surface area contributed by atoms with Crippen LogP contribution in [0.3, 0.4) is 0 Å². The minimum atomic E-state index is 0.715. The van der Waals surface area contributed by atoms with Gasteiger partial charge in [0.2, 0.25) is 0 Å². The Morgan fingerprint density at radius 1 is 0.583 bits per heavy atom. The fourth-order valence-electron chi connectivity index (χ4n) is 7.51. The molecule has 4 aliphatic rings. The van der Waals surface area contributed by atoms with E-state index in [0.29, 0.717) is 12.1 Å². The molecule has 2 saturated heterocycles. The molecule has 2 saturated carbocycles. The van der Waals surface area contributed by atoms with Crippen molar-refractivity contribution in [3.8, 4) is 0 Å². The smallest absolute Gasteiger partial charge is 0.142 e. The molecule has 6 heterocycles. The summed E-state index contributed by atoms with van der Waals surface area (Å²) in [5.41, 5.74) is 1.92. The lowest BCUT2D eigenvalue weighted by Gasteiger charge is -2.32. The highest BCUT2D eigenvalue weighted by Gasteiger charge is 2.38. The van der Waals surface area contributed by atoms with Gasteiger partial charge < -0.3 is 19.8 Å². The third-order valence-electron chi connectivity index (χ3n) is 9.23. The summed E-state index contributed by atoms with van der Waals surface area (Å²) in [6.07, 6.45) is 21.0. The van der Waals surface area contributed by atoms with Gasteiger partial charge in [0, 0.05) is 37.6 Å². The van der Waals surface area contributed by atoms with Crippen molar-refractivity contribution in [1.82, 2.24) is 29.9 Å². The van der Waals surface area contributed by atoms with E-state index in [9.17, 15) is 0 Å². The number of anilines is 2. The number of rotatable bonds is 2. The molecule has 4 aromatic rings. The van der Waals surface area contributed by atoms with Crippen LogP contribution in [0, 0.1) is 11.8 Å². The van der Waals surface area contributed by atoms with Crippen LogP contribution in [-0.2, 0) is 0 Å². The van der Waals surface area contributed by atoms with Crippen LogP contribution in [0.2, 0.25) is 0 Å². The molecule has 8 nitrogen and oxygen atoms in total. The van der Waals surface area contributed by atoms with Gasteiger partial charge in [-0.05, 0) is 62.5 Å². The number of aromatic amines is 2. The van der Waals surface area contributed by atoms with E-state index in [1.165, 1.54) is 75.0 Å². The van der Waals surface area contributed by atoms with E-state index in [1.807, 2.05) is 12.4 Å². The third-order valence-corrected chi connectivity index (χ3v) is 9.23. The summed E-state index contributed by atoms with van der Waals surface area (Å²) < 4.78 is 0. The van der Waals surface area contributed by atoms with E-state index < -0.39 is 0 Å². The van der Waals surface area contributed by atoms with Gasteiger partial charge in [-0.25, -0.2) is 19.9 Å². The molecule has 4 atom stereocenters. The molecule has 0 spiro atoms. The molecule has 0 radical (unpaired) electrons. The maximum absolute atomic E-state index is 4.55. The summed E-state index contributed by atoms with van der Waals surface area (Å²) >= 11 is 0. The minimum absolute atomic E-state index is 0.715. The van der Waals surface area contributed by atoms with Gasteiger partial charge in [-0.2, -0.15) is 0 Å². The normalized spacial score (nSPS) is 27.7. The Hall–Kier alpha value is -3.16. The third kappa shape index (κ3) is 3.82. The van der Waals surface area contributed by atoms with Gasteiger partial charge in [0.1, 0.15) is 35.6 Å². The average Bonchev–Trinajstić information content (AvgIpc) is 3.73. The van der Waals surface area contributed by atoms with Crippen molar-refractivity contribution in [3.63, 3.8) is 0 Å². The lowest BCUT2D eigenvalue weighted by molar-refractivity contribution is 0.341. The number of aromatic nitrogens is 6. The van der Waals surface area contributed by atoms with Gasteiger partial charge in [-0.3, -0.25) is 0 Å². The monoisotopic (exact) mass is 484 g/mol. The second-order valence-electron chi connectivity index (χ2n) is 11.1. The molecule has 8 heteroatoms. The summed E-state index contributed by atoms with van der Waals surface area (Å²) in [6, 6.07) is 5.63. The molecule has 8 rings (SSSR count). The first kappa shape index (κ1) is 22.1. The van der Waals surface area contributed by atoms with Crippen LogP contribution in [0.4, 0.5) is 11.6 Å². The predicted octanol–water partition coefficient (Wildman–Crippen LogP) is 5.45. The van der Waals surface area contributed by atoms with Crippen LogP contribution in [0.1, 0.15) is 64.2 Å². The highest BCUT2D eigenvalue weighted by molar-refractivity contribution is 5.88. The van der Waals surface area contributed by atoms with E-state index in [1.54, 1.807) is 12.7 Å². The number of nitrogens with zero attached hydrogens (tertiary/aromatic N) is 6. The fourth-order valence-corrected chi connectivity index (χ4v) is 7.51. The van der Waals surface area contributed by atoms with Gasteiger partial charge >= 0.3 is 0 Å². The quantitative estimate of drug-likeness (QED) is 0.393. The van der Waals surface area contributed by atoms with Crippen LogP contribution in [0.15, 0.2) is 37.2 Å². The van der Waals surface area contributed by atoms with E-state index in [-0.39, 0.29) is 0 Å². The van der Waals surface area contributed by atoms with Crippen LogP contribution in [0.25, 0.3) is 22.1 Å². The first-order valence-electron chi connectivity index (χ1n) is 14.0. The molecule has 36 heavy (non-hydrogen) atoms. The van der Waals surface area contributed by atoms with Crippen molar-refractivity contribution in [2.75, 3.05) is 22.9 Å². The number of hydrogen-bond acceptors (Lipinski definition) is 6. The lowest BCUT2D eigenvalue weighted by Crippen LogP contribution is -2.35. The maximum Gasteiger partial charge on any atom is 0.142 e. The summed E-state index contributed by atoms with van der Waals surface area (Å²) in [6.45, 7) is 2.32. The molecule has 0 aromatic carbocycles. The van der Waals surface area contributed by atoms with Crippen LogP contribution in [0.5, 0.6) is 0 Å². The van der Waals surface area contributed by atoms with Crippen molar-refractivity contribution in [2.24, 2.45) is 11.8 Å². The molecule has 4 fully saturated rings. The predicted molar refractivity (Wildman–Crippen MR) is 143 cm³/mol. The fraction of sp³-hybridized carbons (Fsp3) is 0.571. The summed E-state index contributed by atoms with van der Waals surface area (Å²) in [7, 11) is 0. The highest BCUT2D eigenvalue weighted by atomic mass is 15.3. The van der Waals surface area contributed by atoms with Crippen molar-refractivity contribution in [2.45, 2.75) is 76.3 Å². The van der Waals surface area contributed by atoms with Crippen molar-refractivity contribution in [3.05, 3.63) is 37.2 Å². The first-order valence-corrected chi connectivity index (χ1v) is 14.0. The second-order valence-corrected chi connectivity index (χ2v) is 11.1. The molecule has 2 unspecified atom stereocenters. The van der Waals surface area contributed by atoms with Crippen LogP contribution < -0.4 is 9.80 Å². The van der Waals surface area contributed by atoms with Crippen molar-refractivity contribution in [1.29, 1.82) is 0 Å². The van der Waals surface area contributed by atoms with E-state index in [2.05, 4.69) is 51.8 Å². The van der Waals surface area contributed by atoms with E-state index in [4.69, 9.17) is 0 Å². The molecule has 4 aromatic heterocycles. The summed E-state index contributed by atoms with van der Waals surface area (Å²) in [4.78, 5) is 29.1. The topological polar surface area (TPSA) is 89.6 Å². The second kappa shape index (κ2) is 9.37. The molecule has 2 aliphatic carbocycles. The highest BCUT2D eigenvalue weighted by Crippen LogP contribution is 2.41. The zero-order chi connectivity index (χ0) is 23.9. The Bertz CT molecular complexity index is 1230. The van der Waals surface area contributed by atoms with Crippen LogP contribution >= 0.6 is 0 Å².